The summed E-state index contributed by atoms with van der Waals surface area (Å²) in [6.07, 6.45) is 8.41. The maximum atomic E-state index is 12.0. The van der Waals surface area contributed by atoms with Crippen molar-refractivity contribution in [2.45, 2.75) is 12.5 Å². The van der Waals surface area contributed by atoms with Crippen molar-refractivity contribution >= 4 is 5.97 Å². The Hall–Kier alpha value is -2.80. The number of hydrogen-bond acceptors (Lipinski definition) is 3. The van der Waals surface area contributed by atoms with Crippen LogP contribution < -0.4 is 0 Å². The highest BCUT2D eigenvalue weighted by Gasteiger charge is 2.24. The van der Waals surface area contributed by atoms with Gasteiger partial charge in [0.25, 0.3) is 0 Å². The van der Waals surface area contributed by atoms with E-state index >= 15 is 0 Å². The Bertz CT molecular complexity index is 667. The average molecular weight is 266 g/mol. The van der Waals surface area contributed by atoms with Crippen LogP contribution >= 0.6 is 0 Å². The SMILES string of the molecule is C#CC(C)(C=C)OC(=O)c1ccn(-c2ccccc2)n1. The summed E-state index contributed by atoms with van der Waals surface area (Å²) >= 11 is 0. The van der Waals surface area contributed by atoms with E-state index in [4.69, 9.17) is 11.2 Å². The normalized spacial score (nSPS) is 13.0. The Balaban J connectivity index is 2.20. The van der Waals surface area contributed by atoms with Gasteiger partial charge in [-0.2, -0.15) is 5.10 Å². The van der Waals surface area contributed by atoms with E-state index in [0.29, 0.717) is 0 Å². The molecule has 0 amide bonds. The predicted octanol–water partition coefficient (Wildman–Crippen LogP) is 2.61. The summed E-state index contributed by atoms with van der Waals surface area (Å²) in [7, 11) is 0. The summed E-state index contributed by atoms with van der Waals surface area (Å²) < 4.78 is 6.80. The molecule has 0 fully saturated rings. The number of benzene rings is 1. The Morgan fingerprint density at radius 3 is 2.75 bits per heavy atom. The molecule has 0 saturated heterocycles. The van der Waals surface area contributed by atoms with Gasteiger partial charge in [0, 0.05) is 6.20 Å². The minimum absolute atomic E-state index is 0.192. The number of rotatable bonds is 4. The maximum absolute atomic E-state index is 12.0. The first-order valence-electron chi connectivity index (χ1n) is 6.04. The van der Waals surface area contributed by atoms with Gasteiger partial charge >= 0.3 is 5.97 Å². The highest BCUT2D eigenvalue weighted by Crippen LogP contribution is 2.14. The van der Waals surface area contributed by atoms with Crippen molar-refractivity contribution < 1.29 is 9.53 Å². The smallest absolute Gasteiger partial charge is 0.360 e. The number of aromatic nitrogens is 2. The van der Waals surface area contributed by atoms with Crippen LogP contribution in [0.1, 0.15) is 17.4 Å². The summed E-state index contributed by atoms with van der Waals surface area (Å²) in [5, 5.41) is 4.17. The van der Waals surface area contributed by atoms with Crippen LogP contribution in [0.2, 0.25) is 0 Å². The van der Waals surface area contributed by atoms with Crippen molar-refractivity contribution in [3.8, 4) is 18.0 Å². The third-order valence-corrected chi connectivity index (χ3v) is 2.80. The molecule has 0 N–H and O–H groups in total. The number of esters is 1. The number of hydrogen-bond donors (Lipinski definition) is 0. The van der Waals surface area contributed by atoms with Crippen molar-refractivity contribution in [1.29, 1.82) is 0 Å². The zero-order valence-electron chi connectivity index (χ0n) is 11.1. The van der Waals surface area contributed by atoms with Crippen molar-refractivity contribution in [2.24, 2.45) is 0 Å². The second kappa shape index (κ2) is 5.45. The van der Waals surface area contributed by atoms with Gasteiger partial charge in [0.05, 0.1) is 5.69 Å². The molecule has 2 aromatic rings. The van der Waals surface area contributed by atoms with Crippen LogP contribution in [0, 0.1) is 12.3 Å². The van der Waals surface area contributed by atoms with Crippen molar-refractivity contribution in [3.63, 3.8) is 0 Å². The van der Waals surface area contributed by atoms with Crippen molar-refractivity contribution in [3.05, 3.63) is 60.9 Å². The summed E-state index contributed by atoms with van der Waals surface area (Å²) in [5.74, 6) is 1.79. The second-order valence-corrected chi connectivity index (χ2v) is 4.33. The van der Waals surface area contributed by atoms with Gasteiger partial charge in [0.1, 0.15) is 0 Å². The van der Waals surface area contributed by atoms with Gasteiger partial charge in [0.15, 0.2) is 11.3 Å². The quantitative estimate of drug-likeness (QED) is 0.485. The molecule has 0 aliphatic rings. The molecule has 1 aromatic carbocycles. The van der Waals surface area contributed by atoms with Gasteiger partial charge in [-0.25, -0.2) is 9.48 Å². The molecule has 1 aromatic heterocycles. The Kier molecular flexibility index (Phi) is 3.72. The Labute approximate surface area is 117 Å². The van der Waals surface area contributed by atoms with E-state index in [9.17, 15) is 4.79 Å². The van der Waals surface area contributed by atoms with Gasteiger partial charge < -0.3 is 4.74 Å². The molecule has 20 heavy (non-hydrogen) atoms. The first-order chi connectivity index (χ1) is 9.58. The van der Waals surface area contributed by atoms with Crippen LogP contribution in [-0.2, 0) is 4.74 Å². The molecule has 0 aliphatic carbocycles. The lowest BCUT2D eigenvalue weighted by Crippen LogP contribution is -2.27. The number of carbonyl (C=O) groups is 1. The molecule has 2 rings (SSSR count). The lowest BCUT2D eigenvalue weighted by Gasteiger charge is -2.18. The highest BCUT2D eigenvalue weighted by molar-refractivity contribution is 5.87. The lowest BCUT2D eigenvalue weighted by atomic mass is 10.1. The fourth-order valence-electron chi connectivity index (χ4n) is 1.53. The molecule has 0 radical (unpaired) electrons. The van der Waals surface area contributed by atoms with E-state index in [-0.39, 0.29) is 5.69 Å². The van der Waals surface area contributed by atoms with Gasteiger partial charge in [-0.15, -0.1) is 6.42 Å². The predicted molar refractivity (Wildman–Crippen MR) is 76.4 cm³/mol. The fourth-order valence-corrected chi connectivity index (χ4v) is 1.53. The van der Waals surface area contributed by atoms with Gasteiger partial charge in [-0.1, -0.05) is 30.7 Å². The number of terminal acetylenes is 1. The number of para-hydroxylation sites is 1. The highest BCUT2D eigenvalue weighted by atomic mass is 16.6. The van der Waals surface area contributed by atoms with E-state index in [1.165, 1.54) is 6.08 Å². The van der Waals surface area contributed by atoms with Crippen LogP contribution in [0.5, 0.6) is 0 Å². The second-order valence-electron chi connectivity index (χ2n) is 4.33. The van der Waals surface area contributed by atoms with Crippen LogP contribution in [0.25, 0.3) is 5.69 Å². The molecular formula is C16H14N2O2. The van der Waals surface area contributed by atoms with Crippen molar-refractivity contribution in [2.75, 3.05) is 0 Å². The van der Waals surface area contributed by atoms with E-state index in [1.807, 2.05) is 30.3 Å². The topological polar surface area (TPSA) is 44.1 Å². The molecule has 4 nitrogen and oxygen atoms in total. The average Bonchev–Trinajstić information content (AvgIpc) is 2.98. The van der Waals surface area contributed by atoms with Gasteiger partial charge in [-0.05, 0) is 31.2 Å². The number of ether oxygens (including phenoxy) is 1. The third kappa shape index (κ3) is 2.78. The summed E-state index contributed by atoms with van der Waals surface area (Å²) in [6, 6.07) is 11.0. The Morgan fingerprint density at radius 1 is 1.45 bits per heavy atom. The largest absolute Gasteiger partial charge is 0.438 e. The molecule has 100 valence electrons. The zero-order chi connectivity index (χ0) is 14.6. The van der Waals surface area contributed by atoms with Crippen LogP contribution in [0.4, 0.5) is 0 Å². The molecule has 4 heteroatoms. The first-order valence-corrected chi connectivity index (χ1v) is 6.04. The zero-order valence-corrected chi connectivity index (χ0v) is 11.1. The first kappa shape index (κ1) is 13.6. The molecule has 1 atom stereocenters. The molecule has 1 heterocycles. The van der Waals surface area contributed by atoms with E-state index < -0.39 is 11.6 Å². The maximum Gasteiger partial charge on any atom is 0.360 e. The summed E-state index contributed by atoms with van der Waals surface area (Å²) in [4.78, 5) is 12.0. The summed E-state index contributed by atoms with van der Waals surface area (Å²) in [6.45, 7) is 5.15. The van der Waals surface area contributed by atoms with Crippen LogP contribution in [0.3, 0.4) is 0 Å². The van der Waals surface area contributed by atoms with Gasteiger partial charge in [0.2, 0.25) is 0 Å². The molecule has 0 aliphatic heterocycles. The molecule has 0 spiro atoms. The minimum Gasteiger partial charge on any atom is -0.438 e. The fraction of sp³-hybridized carbons (Fsp3) is 0.125. The Morgan fingerprint density at radius 2 is 2.15 bits per heavy atom. The monoisotopic (exact) mass is 266 g/mol. The molecule has 1 unspecified atom stereocenters. The number of carbonyl (C=O) groups excluding carboxylic acids is 1. The van der Waals surface area contributed by atoms with E-state index in [2.05, 4.69) is 17.6 Å². The van der Waals surface area contributed by atoms with E-state index in [1.54, 1.807) is 23.9 Å². The van der Waals surface area contributed by atoms with Crippen LogP contribution in [-0.4, -0.2) is 21.4 Å². The summed E-state index contributed by atoms with van der Waals surface area (Å²) in [5.41, 5.74) is -0.0830. The molecular weight excluding hydrogens is 252 g/mol. The minimum atomic E-state index is -1.13. The van der Waals surface area contributed by atoms with Gasteiger partial charge in [-0.3, -0.25) is 0 Å². The lowest BCUT2D eigenvalue weighted by molar-refractivity contribution is 0.0276. The van der Waals surface area contributed by atoms with E-state index in [0.717, 1.165) is 5.69 Å². The standard InChI is InChI=1S/C16H14N2O2/c1-4-16(3,5-2)20-15(19)14-11-12-18(17-14)13-9-7-6-8-10-13/h1,5-12H,2H2,3H3. The van der Waals surface area contributed by atoms with Crippen LogP contribution in [0.15, 0.2) is 55.3 Å². The molecule has 0 saturated carbocycles. The molecule has 0 bridgehead atoms. The number of nitrogens with zero attached hydrogens (tertiary/aromatic N) is 2. The third-order valence-electron chi connectivity index (χ3n) is 2.80. The van der Waals surface area contributed by atoms with Crippen molar-refractivity contribution in [1.82, 2.24) is 9.78 Å².